The molecule has 0 fully saturated rings. The number of aromatic amines is 1. The lowest BCUT2D eigenvalue weighted by Crippen LogP contribution is -2.45. The minimum absolute atomic E-state index is 0.0553. The molecule has 0 radical (unpaired) electrons. The molecule has 1 amide bonds. The van der Waals surface area contributed by atoms with Gasteiger partial charge in [0, 0.05) is 28.5 Å². The maximum atomic E-state index is 12.8. The van der Waals surface area contributed by atoms with Crippen molar-refractivity contribution in [1.82, 2.24) is 10.3 Å². The van der Waals surface area contributed by atoms with E-state index < -0.39 is 23.7 Å². The van der Waals surface area contributed by atoms with Gasteiger partial charge in [-0.2, -0.15) is 0 Å². The first-order valence-corrected chi connectivity index (χ1v) is 10.0. The van der Waals surface area contributed by atoms with Crippen LogP contribution in [0, 0.1) is 0 Å². The minimum Gasteiger partial charge on any atom is -0.459 e. The molecule has 7 heteroatoms. The highest BCUT2D eigenvalue weighted by Crippen LogP contribution is 2.20. The van der Waals surface area contributed by atoms with E-state index in [1.165, 1.54) is 0 Å². The van der Waals surface area contributed by atoms with Gasteiger partial charge in [-0.3, -0.25) is 0 Å². The lowest BCUT2D eigenvalue weighted by molar-refractivity contribution is -0.147. The summed E-state index contributed by atoms with van der Waals surface area (Å²) in [6.45, 7) is 5.34. The van der Waals surface area contributed by atoms with Crippen LogP contribution in [-0.2, 0) is 27.3 Å². The largest absolute Gasteiger partial charge is 0.459 e. The topological polar surface area (TPSA) is 80.4 Å². The number of rotatable bonds is 6. The van der Waals surface area contributed by atoms with E-state index in [2.05, 4.69) is 10.3 Å². The summed E-state index contributed by atoms with van der Waals surface area (Å²) < 4.78 is 10.8. The zero-order chi connectivity index (χ0) is 21.7. The maximum Gasteiger partial charge on any atom is 0.408 e. The molecule has 0 aliphatic rings. The van der Waals surface area contributed by atoms with Crippen LogP contribution in [0.5, 0.6) is 0 Å². The zero-order valence-electron chi connectivity index (χ0n) is 17.2. The van der Waals surface area contributed by atoms with Crippen molar-refractivity contribution in [2.45, 2.75) is 45.4 Å². The smallest absolute Gasteiger partial charge is 0.408 e. The monoisotopic (exact) mass is 428 g/mol. The molecule has 30 heavy (non-hydrogen) atoms. The lowest BCUT2D eigenvalue weighted by atomic mass is 10.1. The number of carbonyl (C=O) groups excluding carboxylic acids is 2. The van der Waals surface area contributed by atoms with Gasteiger partial charge in [-0.1, -0.05) is 41.9 Å². The quantitative estimate of drug-likeness (QED) is 0.541. The predicted molar refractivity (Wildman–Crippen MR) is 116 cm³/mol. The van der Waals surface area contributed by atoms with E-state index in [1.807, 2.05) is 36.5 Å². The van der Waals surface area contributed by atoms with Crippen molar-refractivity contribution < 1.29 is 19.1 Å². The van der Waals surface area contributed by atoms with Crippen LogP contribution in [0.4, 0.5) is 4.79 Å². The molecule has 0 aliphatic heterocycles. The first kappa shape index (κ1) is 21.7. The van der Waals surface area contributed by atoms with Gasteiger partial charge >= 0.3 is 12.1 Å². The Morgan fingerprint density at radius 1 is 1.13 bits per heavy atom. The normalized spacial score (nSPS) is 12.4. The third kappa shape index (κ3) is 6.00. The number of hydrogen-bond donors (Lipinski definition) is 2. The Morgan fingerprint density at radius 2 is 1.90 bits per heavy atom. The van der Waals surface area contributed by atoms with Crippen LogP contribution in [0.15, 0.2) is 54.7 Å². The van der Waals surface area contributed by atoms with Crippen molar-refractivity contribution in [2.75, 3.05) is 0 Å². The molecule has 6 nitrogen and oxygen atoms in total. The Hall–Kier alpha value is -2.99. The number of alkyl carbamates (subject to hydrolysis) is 1. The molecule has 3 rings (SSSR count). The van der Waals surface area contributed by atoms with E-state index in [4.69, 9.17) is 21.1 Å². The Balaban J connectivity index is 1.75. The molecule has 0 spiro atoms. The van der Waals surface area contributed by atoms with E-state index in [0.29, 0.717) is 5.02 Å². The second kappa shape index (κ2) is 9.22. The van der Waals surface area contributed by atoms with Gasteiger partial charge < -0.3 is 19.8 Å². The number of esters is 1. The summed E-state index contributed by atoms with van der Waals surface area (Å²) in [4.78, 5) is 28.3. The summed E-state index contributed by atoms with van der Waals surface area (Å²) in [6, 6.07) is 13.9. The van der Waals surface area contributed by atoms with Crippen LogP contribution in [-0.4, -0.2) is 28.7 Å². The summed E-state index contributed by atoms with van der Waals surface area (Å²) >= 11 is 5.99. The van der Waals surface area contributed by atoms with Crippen LogP contribution in [0.3, 0.4) is 0 Å². The van der Waals surface area contributed by atoms with Crippen molar-refractivity contribution >= 4 is 34.6 Å². The number of benzene rings is 2. The maximum absolute atomic E-state index is 12.8. The highest BCUT2D eigenvalue weighted by molar-refractivity contribution is 6.30. The van der Waals surface area contributed by atoms with Crippen molar-refractivity contribution in [3.05, 3.63) is 70.9 Å². The van der Waals surface area contributed by atoms with Crippen LogP contribution in [0.25, 0.3) is 10.9 Å². The highest BCUT2D eigenvalue weighted by atomic mass is 35.5. The molecule has 2 N–H and O–H groups in total. The van der Waals surface area contributed by atoms with Gasteiger partial charge in [0.05, 0.1) is 0 Å². The number of H-pyrrole nitrogens is 1. The van der Waals surface area contributed by atoms with Crippen molar-refractivity contribution in [3.63, 3.8) is 0 Å². The lowest BCUT2D eigenvalue weighted by Gasteiger charge is -2.23. The molecule has 0 saturated carbocycles. The Morgan fingerprint density at radius 3 is 2.63 bits per heavy atom. The Bertz CT molecular complexity index is 1040. The first-order valence-electron chi connectivity index (χ1n) is 9.67. The molecule has 0 saturated heterocycles. The summed E-state index contributed by atoms with van der Waals surface area (Å²) in [5, 5.41) is 4.19. The first-order chi connectivity index (χ1) is 14.2. The van der Waals surface area contributed by atoms with Gasteiger partial charge in [-0.25, -0.2) is 9.59 Å². The standard InChI is InChI=1S/C23H25ClN2O4/c1-23(2,3)30-22(28)26-20(12-16-13-25-19-10-5-4-9-18(16)19)21(27)29-14-15-7-6-8-17(24)11-15/h4-11,13,20,25H,12,14H2,1-3H3,(H,26,28)/t20-/m0/s1. The van der Waals surface area contributed by atoms with Gasteiger partial charge in [-0.15, -0.1) is 0 Å². The summed E-state index contributed by atoms with van der Waals surface area (Å²) in [5.74, 6) is -0.550. The van der Waals surface area contributed by atoms with Crippen LogP contribution < -0.4 is 5.32 Å². The zero-order valence-corrected chi connectivity index (χ0v) is 18.0. The number of hydrogen-bond acceptors (Lipinski definition) is 4. The van der Waals surface area contributed by atoms with Gasteiger partial charge in [0.2, 0.25) is 0 Å². The fourth-order valence-corrected chi connectivity index (χ4v) is 3.26. The van der Waals surface area contributed by atoms with E-state index in [-0.39, 0.29) is 13.0 Å². The Kier molecular flexibility index (Phi) is 6.67. The number of nitrogens with one attached hydrogen (secondary N) is 2. The van der Waals surface area contributed by atoms with Gasteiger partial charge in [-0.05, 0) is 50.1 Å². The molecule has 1 atom stereocenters. The average molecular weight is 429 g/mol. The Labute approximate surface area is 180 Å². The molecule has 0 bridgehead atoms. The summed E-state index contributed by atoms with van der Waals surface area (Å²) in [7, 11) is 0. The number of amides is 1. The molecular weight excluding hydrogens is 404 g/mol. The number of para-hydroxylation sites is 1. The van der Waals surface area contributed by atoms with E-state index in [0.717, 1.165) is 22.0 Å². The fraction of sp³-hybridized carbons (Fsp3) is 0.304. The average Bonchev–Trinajstić information content (AvgIpc) is 3.07. The fourth-order valence-electron chi connectivity index (χ4n) is 3.05. The number of fused-ring (bicyclic) bond motifs is 1. The molecule has 2 aromatic carbocycles. The molecule has 3 aromatic rings. The van der Waals surface area contributed by atoms with Gasteiger partial charge in [0.1, 0.15) is 18.2 Å². The van der Waals surface area contributed by atoms with Crippen LogP contribution >= 0.6 is 11.6 Å². The van der Waals surface area contributed by atoms with Crippen molar-refractivity contribution in [1.29, 1.82) is 0 Å². The second-order valence-corrected chi connectivity index (χ2v) is 8.44. The predicted octanol–water partition coefficient (Wildman–Crippen LogP) is 5.00. The second-order valence-electron chi connectivity index (χ2n) is 8.00. The minimum atomic E-state index is -0.904. The third-order valence-electron chi connectivity index (χ3n) is 4.34. The van der Waals surface area contributed by atoms with E-state index in [1.54, 1.807) is 39.0 Å². The van der Waals surface area contributed by atoms with Crippen molar-refractivity contribution in [2.24, 2.45) is 0 Å². The SMILES string of the molecule is CC(C)(C)OC(=O)N[C@@H](Cc1c[nH]c2ccccc12)C(=O)OCc1cccc(Cl)c1. The van der Waals surface area contributed by atoms with Crippen LogP contribution in [0.1, 0.15) is 31.9 Å². The highest BCUT2D eigenvalue weighted by Gasteiger charge is 2.27. The summed E-state index contributed by atoms with van der Waals surface area (Å²) in [6.07, 6.45) is 1.42. The van der Waals surface area contributed by atoms with Crippen molar-refractivity contribution in [3.8, 4) is 0 Å². The molecule has 1 aromatic heterocycles. The van der Waals surface area contributed by atoms with E-state index >= 15 is 0 Å². The van der Waals surface area contributed by atoms with Gasteiger partial charge in [0.25, 0.3) is 0 Å². The molecular formula is C23H25ClN2O4. The summed E-state index contributed by atoms with van der Waals surface area (Å²) in [5.41, 5.74) is 1.93. The number of aromatic nitrogens is 1. The number of ether oxygens (including phenoxy) is 2. The number of carbonyl (C=O) groups is 2. The number of halogens is 1. The third-order valence-corrected chi connectivity index (χ3v) is 4.58. The molecule has 0 aliphatic carbocycles. The molecule has 158 valence electrons. The van der Waals surface area contributed by atoms with E-state index in [9.17, 15) is 9.59 Å². The van der Waals surface area contributed by atoms with Gasteiger partial charge in [0.15, 0.2) is 0 Å². The molecule has 0 unspecified atom stereocenters. The molecule has 1 heterocycles. The van der Waals surface area contributed by atoms with Crippen LogP contribution in [0.2, 0.25) is 5.02 Å².